The molecule has 1 saturated heterocycles. The largest absolute Gasteiger partial charge is 0.368 e. The topological polar surface area (TPSA) is 58.4 Å². The number of rotatable bonds is 5. The third-order valence-corrected chi connectivity index (χ3v) is 6.67. The lowest BCUT2D eigenvalue weighted by Crippen LogP contribution is -2.57. The summed E-state index contributed by atoms with van der Waals surface area (Å²) in [4.78, 5) is 11.6. The number of hydrogen-bond donors (Lipinski definition) is 1. The molecule has 0 aromatic carbocycles. The molecule has 2 aromatic rings. The van der Waals surface area contributed by atoms with E-state index in [9.17, 15) is 0 Å². The maximum Gasteiger partial charge on any atom is 0.254 e. The molecule has 0 radical (unpaired) electrons. The molecule has 25 heavy (non-hydrogen) atoms. The van der Waals surface area contributed by atoms with Crippen LogP contribution in [0.2, 0.25) is 0 Å². The van der Waals surface area contributed by atoms with Gasteiger partial charge in [-0.15, -0.1) is 0 Å². The predicted octanol–water partition coefficient (Wildman–Crippen LogP) is 2.85. The molecule has 2 aliphatic rings. The van der Waals surface area contributed by atoms with Gasteiger partial charge in [-0.2, -0.15) is 26.4 Å². The molecule has 3 heterocycles. The number of aryl methyl sites for hydroxylation is 1. The molecule has 0 amide bonds. The Hall–Kier alpha value is -1.34. The molecule has 4 rings (SSSR count). The standard InChI is InChI=1S/C18H28N6S/c1-2-15-12-16(24-17(22-15)20-14-21-24)19-13-18(6-4-3-5-7-18)23-8-10-25-11-9-23/h12,14,19H,2-11,13H2,1H3. The zero-order valence-electron chi connectivity index (χ0n) is 15.1. The van der Waals surface area contributed by atoms with Gasteiger partial charge in [-0.05, 0) is 19.3 Å². The van der Waals surface area contributed by atoms with Crippen LogP contribution in [0.15, 0.2) is 12.4 Å². The van der Waals surface area contributed by atoms with Crippen LogP contribution in [0.25, 0.3) is 5.78 Å². The molecular formula is C18H28N6S. The molecule has 2 fully saturated rings. The van der Waals surface area contributed by atoms with E-state index >= 15 is 0 Å². The van der Waals surface area contributed by atoms with Gasteiger partial charge < -0.3 is 5.32 Å². The Morgan fingerprint density at radius 2 is 2.00 bits per heavy atom. The Morgan fingerprint density at radius 1 is 1.20 bits per heavy atom. The minimum absolute atomic E-state index is 0.293. The van der Waals surface area contributed by atoms with Gasteiger partial charge in [0.2, 0.25) is 0 Å². The summed E-state index contributed by atoms with van der Waals surface area (Å²) < 4.78 is 1.84. The van der Waals surface area contributed by atoms with Crippen LogP contribution in [0, 0.1) is 0 Å². The summed E-state index contributed by atoms with van der Waals surface area (Å²) in [6.07, 6.45) is 9.18. The number of nitrogens with one attached hydrogen (secondary N) is 1. The molecule has 1 N–H and O–H groups in total. The Morgan fingerprint density at radius 3 is 2.76 bits per heavy atom. The normalized spacial score (nSPS) is 21.5. The Bertz CT molecular complexity index is 703. The molecule has 0 unspecified atom stereocenters. The zero-order chi connectivity index (χ0) is 17.1. The summed E-state index contributed by atoms with van der Waals surface area (Å²) in [7, 11) is 0. The summed E-state index contributed by atoms with van der Waals surface area (Å²) in [5.74, 6) is 4.25. The van der Waals surface area contributed by atoms with E-state index in [0.717, 1.165) is 24.5 Å². The second kappa shape index (κ2) is 7.50. The molecule has 6 nitrogen and oxygen atoms in total. The van der Waals surface area contributed by atoms with E-state index in [1.54, 1.807) is 6.33 Å². The van der Waals surface area contributed by atoms with Crippen LogP contribution in [-0.2, 0) is 6.42 Å². The first kappa shape index (κ1) is 17.1. The van der Waals surface area contributed by atoms with Crippen molar-refractivity contribution in [3.63, 3.8) is 0 Å². The van der Waals surface area contributed by atoms with Crippen molar-refractivity contribution in [1.29, 1.82) is 0 Å². The van der Waals surface area contributed by atoms with Crippen LogP contribution in [0.1, 0.15) is 44.7 Å². The highest BCUT2D eigenvalue weighted by Crippen LogP contribution is 2.35. The van der Waals surface area contributed by atoms with Crippen LogP contribution >= 0.6 is 11.8 Å². The van der Waals surface area contributed by atoms with Gasteiger partial charge in [-0.25, -0.2) is 4.98 Å². The maximum absolute atomic E-state index is 4.55. The highest BCUT2D eigenvalue weighted by molar-refractivity contribution is 7.99. The van der Waals surface area contributed by atoms with Crippen LogP contribution in [0.5, 0.6) is 0 Å². The molecule has 1 saturated carbocycles. The number of thioether (sulfide) groups is 1. The van der Waals surface area contributed by atoms with Crippen LogP contribution < -0.4 is 5.32 Å². The van der Waals surface area contributed by atoms with Crippen LogP contribution in [0.4, 0.5) is 5.82 Å². The first-order chi connectivity index (χ1) is 12.3. The highest BCUT2D eigenvalue weighted by Gasteiger charge is 2.38. The first-order valence-electron chi connectivity index (χ1n) is 9.57. The van der Waals surface area contributed by atoms with Crippen molar-refractivity contribution < 1.29 is 0 Å². The van der Waals surface area contributed by atoms with Gasteiger partial charge in [-0.1, -0.05) is 26.2 Å². The van der Waals surface area contributed by atoms with E-state index in [-0.39, 0.29) is 0 Å². The van der Waals surface area contributed by atoms with Gasteiger partial charge in [0, 0.05) is 48.4 Å². The van der Waals surface area contributed by atoms with E-state index in [1.807, 2.05) is 4.52 Å². The number of anilines is 1. The van der Waals surface area contributed by atoms with Crippen molar-refractivity contribution in [3.05, 3.63) is 18.1 Å². The third-order valence-electron chi connectivity index (χ3n) is 5.73. The summed E-state index contributed by atoms with van der Waals surface area (Å²) in [6, 6.07) is 2.13. The van der Waals surface area contributed by atoms with Gasteiger partial charge in [0.05, 0.1) is 0 Å². The van der Waals surface area contributed by atoms with Gasteiger partial charge in [0.15, 0.2) is 0 Å². The smallest absolute Gasteiger partial charge is 0.254 e. The molecule has 136 valence electrons. The number of hydrogen-bond acceptors (Lipinski definition) is 6. The lowest BCUT2D eigenvalue weighted by Gasteiger charge is -2.48. The Kier molecular flexibility index (Phi) is 5.12. The fourth-order valence-corrected chi connectivity index (χ4v) is 5.18. The van der Waals surface area contributed by atoms with E-state index in [0.29, 0.717) is 11.3 Å². The average molecular weight is 361 g/mol. The van der Waals surface area contributed by atoms with Crippen molar-refractivity contribution in [3.8, 4) is 0 Å². The number of fused-ring (bicyclic) bond motifs is 1. The maximum atomic E-state index is 4.55. The Labute approximate surface area is 153 Å². The highest BCUT2D eigenvalue weighted by atomic mass is 32.2. The Balaban J connectivity index is 1.57. The van der Waals surface area contributed by atoms with Crippen LogP contribution in [0.3, 0.4) is 0 Å². The third kappa shape index (κ3) is 3.49. The second-order valence-corrected chi connectivity index (χ2v) is 8.42. The molecule has 0 spiro atoms. The number of nitrogens with zero attached hydrogens (tertiary/aromatic N) is 5. The molecule has 7 heteroatoms. The van der Waals surface area contributed by atoms with E-state index < -0.39 is 0 Å². The summed E-state index contributed by atoms with van der Waals surface area (Å²) in [5, 5.41) is 8.08. The van der Waals surface area contributed by atoms with Gasteiger partial charge in [-0.3, -0.25) is 4.90 Å². The van der Waals surface area contributed by atoms with Crippen molar-refractivity contribution in [2.24, 2.45) is 0 Å². The summed E-state index contributed by atoms with van der Waals surface area (Å²) >= 11 is 2.09. The summed E-state index contributed by atoms with van der Waals surface area (Å²) in [6.45, 7) is 5.57. The minimum atomic E-state index is 0.293. The van der Waals surface area contributed by atoms with Crippen molar-refractivity contribution >= 4 is 23.4 Å². The van der Waals surface area contributed by atoms with Gasteiger partial charge in [0.1, 0.15) is 12.1 Å². The molecule has 2 aromatic heterocycles. The monoisotopic (exact) mass is 360 g/mol. The van der Waals surface area contributed by atoms with Gasteiger partial charge >= 0.3 is 0 Å². The number of aromatic nitrogens is 4. The lowest BCUT2D eigenvalue weighted by molar-refractivity contribution is 0.0706. The van der Waals surface area contributed by atoms with Gasteiger partial charge in [0.25, 0.3) is 5.78 Å². The first-order valence-corrected chi connectivity index (χ1v) is 10.7. The molecule has 1 aliphatic carbocycles. The van der Waals surface area contributed by atoms with Crippen molar-refractivity contribution in [1.82, 2.24) is 24.5 Å². The van der Waals surface area contributed by atoms with Crippen LogP contribution in [-0.4, -0.2) is 61.2 Å². The fraction of sp³-hybridized carbons (Fsp3) is 0.722. The minimum Gasteiger partial charge on any atom is -0.368 e. The summed E-state index contributed by atoms with van der Waals surface area (Å²) in [5.41, 5.74) is 1.36. The zero-order valence-corrected chi connectivity index (χ0v) is 15.9. The average Bonchev–Trinajstić information content (AvgIpc) is 3.16. The molecule has 1 aliphatic heterocycles. The lowest BCUT2D eigenvalue weighted by atomic mass is 9.80. The molecule has 0 bridgehead atoms. The fourth-order valence-electron chi connectivity index (χ4n) is 4.28. The van der Waals surface area contributed by atoms with E-state index in [2.05, 4.69) is 50.0 Å². The predicted molar refractivity (Wildman–Crippen MR) is 103 cm³/mol. The second-order valence-electron chi connectivity index (χ2n) is 7.20. The molecule has 0 atom stereocenters. The van der Waals surface area contributed by atoms with Crippen molar-refractivity contribution in [2.75, 3.05) is 36.5 Å². The van der Waals surface area contributed by atoms with E-state index in [4.69, 9.17) is 0 Å². The molecular weight excluding hydrogens is 332 g/mol. The SMILES string of the molecule is CCc1cc(NCC2(N3CCSCC3)CCCCC2)n2ncnc2n1. The van der Waals surface area contributed by atoms with E-state index in [1.165, 1.54) is 56.7 Å². The quantitative estimate of drug-likeness (QED) is 0.885. The van der Waals surface area contributed by atoms with Crippen molar-refractivity contribution in [2.45, 2.75) is 51.0 Å².